The lowest BCUT2D eigenvalue weighted by molar-refractivity contribution is 0.0663. The van der Waals surface area contributed by atoms with Gasteiger partial charge in [0.05, 0.1) is 34.5 Å². The molecule has 1 N–H and O–H groups in total. The van der Waals surface area contributed by atoms with Crippen molar-refractivity contribution in [1.82, 2.24) is 24.1 Å². The van der Waals surface area contributed by atoms with Gasteiger partial charge in [-0.25, -0.2) is 14.4 Å². The van der Waals surface area contributed by atoms with E-state index in [1.807, 2.05) is 4.57 Å². The molecule has 0 saturated carbocycles. The summed E-state index contributed by atoms with van der Waals surface area (Å²) < 4.78 is 17.0. The molecule has 0 spiro atoms. The highest BCUT2D eigenvalue weighted by atomic mass is 35.5. The van der Waals surface area contributed by atoms with Crippen LogP contribution in [0.1, 0.15) is 20.3 Å². The first-order chi connectivity index (χ1) is 14.3. The molecule has 0 amide bonds. The number of aliphatic hydroxyl groups is 1. The maximum Gasteiger partial charge on any atom is 0.275 e. The first-order valence-electron chi connectivity index (χ1n) is 9.22. The largest absolute Gasteiger partial charge is 0.390 e. The molecule has 0 fully saturated rings. The molecule has 3 aromatic heterocycles. The third-order valence-corrected chi connectivity index (χ3v) is 4.99. The zero-order valence-electron chi connectivity index (χ0n) is 16.3. The fraction of sp³-hybridized carbons (Fsp3) is 0.238. The van der Waals surface area contributed by atoms with Crippen molar-refractivity contribution in [1.29, 1.82) is 0 Å². The van der Waals surface area contributed by atoms with Crippen molar-refractivity contribution < 1.29 is 9.50 Å². The maximum absolute atomic E-state index is 13.7. The zero-order chi connectivity index (χ0) is 21.5. The van der Waals surface area contributed by atoms with Crippen LogP contribution in [0.4, 0.5) is 10.2 Å². The summed E-state index contributed by atoms with van der Waals surface area (Å²) in [4.78, 5) is 12.1. The molecule has 0 radical (unpaired) electrons. The van der Waals surface area contributed by atoms with Crippen LogP contribution in [0.3, 0.4) is 0 Å². The fourth-order valence-corrected chi connectivity index (χ4v) is 3.31. The van der Waals surface area contributed by atoms with E-state index in [2.05, 4.69) is 19.9 Å². The van der Waals surface area contributed by atoms with Crippen LogP contribution in [0.5, 0.6) is 0 Å². The SMILES string of the molecule is [C-]#[N+]c1cnc2ccc(-c3c(-c4ccc(F)c(Cl)c4)ncn3CCC(C)(C)O)nn12. The summed E-state index contributed by atoms with van der Waals surface area (Å²) in [5.41, 5.74) is 2.14. The maximum atomic E-state index is 13.7. The molecule has 3 heterocycles. The van der Waals surface area contributed by atoms with Crippen LogP contribution in [-0.2, 0) is 6.54 Å². The molecule has 0 aliphatic rings. The molecule has 0 unspecified atom stereocenters. The van der Waals surface area contributed by atoms with Crippen molar-refractivity contribution in [3.63, 3.8) is 0 Å². The Morgan fingerprint density at radius 1 is 1.23 bits per heavy atom. The molecule has 7 nitrogen and oxygen atoms in total. The smallest absolute Gasteiger partial charge is 0.275 e. The molecule has 0 saturated heterocycles. The van der Waals surface area contributed by atoms with E-state index in [1.54, 1.807) is 38.4 Å². The minimum Gasteiger partial charge on any atom is -0.390 e. The van der Waals surface area contributed by atoms with Gasteiger partial charge in [-0.1, -0.05) is 23.3 Å². The average Bonchev–Trinajstić information content (AvgIpc) is 3.31. The molecule has 30 heavy (non-hydrogen) atoms. The van der Waals surface area contributed by atoms with Gasteiger partial charge >= 0.3 is 0 Å². The number of halogens is 2. The van der Waals surface area contributed by atoms with Crippen LogP contribution >= 0.6 is 11.6 Å². The van der Waals surface area contributed by atoms with E-state index in [-0.39, 0.29) is 5.02 Å². The van der Waals surface area contributed by atoms with E-state index in [0.717, 1.165) is 0 Å². The predicted molar refractivity (Wildman–Crippen MR) is 112 cm³/mol. The van der Waals surface area contributed by atoms with Crippen molar-refractivity contribution >= 4 is 23.1 Å². The Hall–Kier alpha value is -3.28. The quantitative estimate of drug-likeness (QED) is 0.468. The highest BCUT2D eigenvalue weighted by molar-refractivity contribution is 6.31. The number of benzene rings is 1. The third-order valence-electron chi connectivity index (χ3n) is 4.70. The van der Waals surface area contributed by atoms with Gasteiger partial charge in [0.15, 0.2) is 0 Å². The van der Waals surface area contributed by atoms with Crippen LogP contribution < -0.4 is 0 Å². The van der Waals surface area contributed by atoms with E-state index in [9.17, 15) is 9.50 Å². The second-order valence-electron chi connectivity index (χ2n) is 7.54. The van der Waals surface area contributed by atoms with Gasteiger partial charge in [0.25, 0.3) is 5.82 Å². The Morgan fingerprint density at radius 3 is 2.73 bits per heavy atom. The number of fused-ring (bicyclic) bond motifs is 1. The average molecular weight is 425 g/mol. The summed E-state index contributed by atoms with van der Waals surface area (Å²) in [6.45, 7) is 11.3. The molecule has 0 aliphatic carbocycles. The van der Waals surface area contributed by atoms with Crippen LogP contribution in [0, 0.1) is 12.4 Å². The van der Waals surface area contributed by atoms with Crippen molar-refractivity contribution in [3.8, 4) is 22.6 Å². The van der Waals surface area contributed by atoms with Gasteiger partial charge in [0.1, 0.15) is 11.5 Å². The van der Waals surface area contributed by atoms with Gasteiger partial charge in [-0.2, -0.15) is 0 Å². The topological polar surface area (TPSA) is 72.6 Å². The third kappa shape index (κ3) is 3.77. The summed E-state index contributed by atoms with van der Waals surface area (Å²) in [5, 5.41) is 14.7. The second kappa shape index (κ2) is 7.52. The summed E-state index contributed by atoms with van der Waals surface area (Å²) in [6, 6.07) is 7.98. The molecular weight excluding hydrogens is 407 g/mol. The van der Waals surface area contributed by atoms with E-state index in [4.69, 9.17) is 18.2 Å². The first kappa shape index (κ1) is 20.0. The van der Waals surface area contributed by atoms with Gasteiger partial charge < -0.3 is 14.5 Å². The monoisotopic (exact) mass is 424 g/mol. The highest BCUT2D eigenvalue weighted by Gasteiger charge is 2.21. The molecular formula is C21H18ClFN6O. The van der Waals surface area contributed by atoms with Gasteiger partial charge in [0, 0.05) is 18.2 Å². The minimum atomic E-state index is -0.861. The van der Waals surface area contributed by atoms with Gasteiger partial charge in [-0.15, -0.1) is 4.52 Å². The normalized spacial score (nSPS) is 11.7. The molecule has 152 valence electrons. The fourth-order valence-electron chi connectivity index (χ4n) is 3.13. The molecule has 1 aromatic carbocycles. The Kier molecular flexibility index (Phi) is 5.02. The van der Waals surface area contributed by atoms with Gasteiger partial charge in [-0.3, -0.25) is 0 Å². The number of aromatic nitrogens is 5. The predicted octanol–water partition coefficient (Wildman–Crippen LogP) is 4.76. The van der Waals surface area contributed by atoms with Crippen molar-refractivity contribution in [2.45, 2.75) is 32.4 Å². The zero-order valence-corrected chi connectivity index (χ0v) is 17.1. The Labute approximate surface area is 177 Å². The van der Waals surface area contributed by atoms with Crippen molar-refractivity contribution in [2.75, 3.05) is 0 Å². The number of hydrogen-bond acceptors (Lipinski definition) is 4. The van der Waals surface area contributed by atoms with E-state index in [1.165, 1.54) is 22.8 Å². The van der Waals surface area contributed by atoms with Crippen LogP contribution in [-0.4, -0.2) is 34.9 Å². The number of imidazole rings is 2. The van der Waals surface area contributed by atoms with E-state index >= 15 is 0 Å². The van der Waals surface area contributed by atoms with Crippen molar-refractivity contribution in [2.24, 2.45) is 0 Å². The van der Waals surface area contributed by atoms with E-state index < -0.39 is 11.4 Å². The summed E-state index contributed by atoms with van der Waals surface area (Å²) in [5.74, 6) is -0.219. The Balaban J connectivity index is 1.89. The van der Waals surface area contributed by atoms with Gasteiger partial charge in [-0.05, 0) is 44.5 Å². The lowest BCUT2D eigenvalue weighted by atomic mass is 10.1. The van der Waals surface area contributed by atoms with Crippen LogP contribution in [0.15, 0.2) is 42.9 Å². The lowest BCUT2D eigenvalue weighted by Crippen LogP contribution is -2.21. The summed E-state index contributed by atoms with van der Waals surface area (Å²) >= 11 is 5.99. The second-order valence-corrected chi connectivity index (χ2v) is 7.95. The minimum absolute atomic E-state index is 0.00203. The summed E-state index contributed by atoms with van der Waals surface area (Å²) in [7, 11) is 0. The standard InChI is InChI=1S/C21H18ClFN6O/c1-21(2,30)8-9-28-12-26-19(13-4-5-15(23)14(22)10-13)20(28)16-6-7-17-25-11-18(24-3)29(17)27-16/h4-7,10-12,30H,8-9H2,1-2H3. The van der Waals surface area contributed by atoms with Crippen LogP contribution in [0.25, 0.3) is 33.1 Å². The Morgan fingerprint density at radius 2 is 2.03 bits per heavy atom. The molecule has 0 atom stereocenters. The number of nitrogens with zero attached hydrogens (tertiary/aromatic N) is 6. The number of hydrogen-bond donors (Lipinski definition) is 1. The molecule has 4 rings (SSSR count). The van der Waals surface area contributed by atoms with Gasteiger partial charge in [0.2, 0.25) is 5.65 Å². The number of aryl methyl sites for hydroxylation is 1. The van der Waals surface area contributed by atoms with Crippen LogP contribution in [0.2, 0.25) is 5.02 Å². The number of rotatable bonds is 5. The highest BCUT2D eigenvalue weighted by Crippen LogP contribution is 2.33. The molecule has 0 aliphatic heterocycles. The summed E-state index contributed by atoms with van der Waals surface area (Å²) in [6.07, 6.45) is 3.61. The van der Waals surface area contributed by atoms with E-state index in [0.29, 0.717) is 47.1 Å². The molecule has 9 heteroatoms. The Bertz CT molecular complexity index is 1280. The lowest BCUT2D eigenvalue weighted by Gasteiger charge is -2.18. The molecule has 4 aromatic rings. The van der Waals surface area contributed by atoms with Crippen molar-refractivity contribution in [3.05, 3.63) is 65.1 Å². The molecule has 0 bridgehead atoms. The first-order valence-corrected chi connectivity index (χ1v) is 9.60.